The minimum atomic E-state index is 0.700. The number of rotatable bonds is 3. The number of hydrogen-bond acceptors (Lipinski definition) is 2. The van der Waals surface area contributed by atoms with Crippen LogP contribution in [0, 0.1) is 5.41 Å². The molecule has 2 aliphatic rings. The first-order valence-corrected chi connectivity index (χ1v) is 8.70. The fourth-order valence-electron chi connectivity index (χ4n) is 4.02. The predicted octanol–water partition coefficient (Wildman–Crippen LogP) is 4.33. The summed E-state index contributed by atoms with van der Waals surface area (Å²) in [6.07, 6.45) is 8.65. The summed E-state index contributed by atoms with van der Waals surface area (Å²) in [6, 6.07) is 6.69. The lowest BCUT2D eigenvalue weighted by Gasteiger charge is -2.41. The quantitative estimate of drug-likeness (QED) is 0.883. The molecule has 20 heavy (non-hydrogen) atoms. The molecule has 0 radical (unpaired) electrons. The summed E-state index contributed by atoms with van der Waals surface area (Å²) in [6.45, 7) is 3.41. The molecule has 1 saturated carbocycles. The van der Waals surface area contributed by atoms with Crippen LogP contribution >= 0.6 is 15.9 Å². The van der Waals surface area contributed by atoms with Crippen LogP contribution in [0.1, 0.15) is 44.1 Å². The maximum atomic E-state index is 3.63. The van der Waals surface area contributed by atoms with Crippen LogP contribution in [0.3, 0.4) is 0 Å². The number of piperidine rings is 1. The number of halogens is 1. The lowest BCUT2D eigenvalue weighted by atomic mass is 9.77. The molecule has 1 N–H and O–H groups in total. The molecule has 3 heteroatoms. The molecule has 1 spiro atoms. The number of nitrogens with zero attached hydrogens (tertiary/aromatic N) is 1. The lowest BCUT2D eigenvalue weighted by molar-refractivity contribution is 0.226. The molecule has 1 heterocycles. The molecular formula is C17H25BrN2. The van der Waals surface area contributed by atoms with Crippen molar-refractivity contribution in [2.75, 3.05) is 25.0 Å². The fraction of sp³-hybridized carbons (Fsp3) is 0.647. The number of nitrogens with one attached hydrogen (secondary N) is 1. The molecule has 2 fully saturated rings. The molecule has 1 saturated heterocycles. The Kier molecular flexibility index (Phi) is 4.37. The molecule has 1 aromatic rings. The van der Waals surface area contributed by atoms with Crippen molar-refractivity contribution in [1.29, 1.82) is 0 Å². The first kappa shape index (κ1) is 14.4. The van der Waals surface area contributed by atoms with Crippen molar-refractivity contribution < 1.29 is 0 Å². The van der Waals surface area contributed by atoms with E-state index in [9.17, 15) is 0 Å². The van der Waals surface area contributed by atoms with Gasteiger partial charge in [-0.2, -0.15) is 0 Å². The smallest absolute Gasteiger partial charge is 0.0423 e. The van der Waals surface area contributed by atoms with E-state index < -0.39 is 0 Å². The Bertz CT molecular complexity index is 456. The third-order valence-electron chi connectivity index (χ3n) is 5.24. The van der Waals surface area contributed by atoms with E-state index in [-0.39, 0.29) is 0 Å². The van der Waals surface area contributed by atoms with Crippen LogP contribution in [0.15, 0.2) is 22.7 Å². The van der Waals surface area contributed by atoms with Crippen molar-refractivity contribution in [3.8, 4) is 0 Å². The number of anilines is 1. The van der Waals surface area contributed by atoms with E-state index in [1.807, 2.05) is 7.05 Å². The molecule has 1 aliphatic heterocycles. The highest BCUT2D eigenvalue weighted by Gasteiger charge is 2.37. The third-order valence-corrected chi connectivity index (χ3v) is 5.74. The van der Waals surface area contributed by atoms with Gasteiger partial charge in [0.1, 0.15) is 0 Å². The van der Waals surface area contributed by atoms with Gasteiger partial charge >= 0.3 is 0 Å². The molecule has 1 aliphatic carbocycles. The molecule has 0 aromatic heterocycles. The van der Waals surface area contributed by atoms with Crippen LogP contribution in [-0.2, 0) is 6.54 Å². The molecule has 110 valence electrons. The minimum Gasteiger partial charge on any atom is -0.371 e. The van der Waals surface area contributed by atoms with E-state index in [0.717, 1.165) is 6.54 Å². The summed E-state index contributed by atoms with van der Waals surface area (Å²) >= 11 is 3.63. The second-order valence-corrected chi connectivity index (χ2v) is 7.41. The van der Waals surface area contributed by atoms with Gasteiger partial charge in [0.25, 0.3) is 0 Å². The van der Waals surface area contributed by atoms with Crippen molar-refractivity contribution in [1.82, 2.24) is 5.32 Å². The normalized spacial score (nSPS) is 21.6. The van der Waals surface area contributed by atoms with Crippen LogP contribution in [0.2, 0.25) is 0 Å². The summed E-state index contributed by atoms with van der Waals surface area (Å²) < 4.78 is 1.19. The van der Waals surface area contributed by atoms with E-state index in [1.54, 1.807) is 0 Å². The van der Waals surface area contributed by atoms with Crippen LogP contribution in [0.4, 0.5) is 5.69 Å². The van der Waals surface area contributed by atoms with Crippen LogP contribution in [0.25, 0.3) is 0 Å². The standard InChI is InChI=1S/C17H25BrN2/c1-19-13-14-4-5-15(18)12-16(14)20-10-8-17(9-11-20)6-2-3-7-17/h4-5,12,19H,2-3,6-11,13H2,1H3. The van der Waals surface area contributed by atoms with E-state index in [0.29, 0.717) is 5.41 Å². The molecule has 0 amide bonds. The second kappa shape index (κ2) is 6.07. The Morgan fingerprint density at radius 2 is 1.85 bits per heavy atom. The summed E-state index contributed by atoms with van der Waals surface area (Å²) in [4.78, 5) is 2.60. The van der Waals surface area contributed by atoms with Crippen molar-refractivity contribution in [2.45, 2.75) is 45.1 Å². The van der Waals surface area contributed by atoms with Gasteiger partial charge in [0, 0.05) is 29.8 Å². The predicted molar refractivity (Wildman–Crippen MR) is 89.3 cm³/mol. The van der Waals surface area contributed by atoms with Gasteiger partial charge in [0.05, 0.1) is 0 Å². The highest BCUT2D eigenvalue weighted by atomic mass is 79.9. The molecule has 2 nitrogen and oxygen atoms in total. The van der Waals surface area contributed by atoms with E-state index in [4.69, 9.17) is 0 Å². The van der Waals surface area contributed by atoms with E-state index in [2.05, 4.69) is 44.3 Å². The number of hydrogen-bond donors (Lipinski definition) is 1. The second-order valence-electron chi connectivity index (χ2n) is 6.50. The Morgan fingerprint density at radius 1 is 1.15 bits per heavy atom. The van der Waals surface area contributed by atoms with E-state index >= 15 is 0 Å². The highest BCUT2D eigenvalue weighted by molar-refractivity contribution is 9.10. The minimum absolute atomic E-state index is 0.700. The topological polar surface area (TPSA) is 15.3 Å². The molecule has 0 atom stereocenters. The third kappa shape index (κ3) is 2.89. The van der Waals surface area contributed by atoms with Gasteiger partial charge in [0.2, 0.25) is 0 Å². The Morgan fingerprint density at radius 3 is 2.50 bits per heavy atom. The van der Waals surface area contributed by atoms with Crippen LogP contribution < -0.4 is 10.2 Å². The first-order valence-electron chi connectivity index (χ1n) is 7.90. The first-order chi connectivity index (χ1) is 9.72. The molecule has 1 aromatic carbocycles. The summed E-state index contributed by atoms with van der Waals surface area (Å²) in [7, 11) is 2.02. The SMILES string of the molecule is CNCc1ccc(Br)cc1N1CCC2(CCCC2)CC1. The van der Waals surface area contributed by atoms with Crippen molar-refractivity contribution in [2.24, 2.45) is 5.41 Å². The largest absolute Gasteiger partial charge is 0.371 e. The van der Waals surface area contributed by atoms with Gasteiger partial charge in [-0.3, -0.25) is 0 Å². The Balaban J connectivity index is 1.75. The van der Waals surface area contributed by atoms with Crippen molar-refractivity contribution >= 4 is 21.6 Å². The highest BCUT2D eigenvalue weighted by Crippen LogP contribution is 2.47. The maximum Gasteiger partial charge on any atom is 0.0423 e. The van der Waals surface area contributed by atoms with Gasteiger partial charge < -0.3 is 10.2 Å². The summed E-state index contributed by atoms with van der Waals surface area (Å²) in [5.74, 6) is 0. The van der Waals surface area contributed by atoms with Crippen molar-refractivity contribution in [3.63, 3.8) is 0 Å². The molecule has 0 bridgehead atoms. The summed E-state index contributed by atoms with van der Waals surface area (Å²) in [5.41, 5.74) is 3.53. The Labute approximate surface area is 131 Å². The summed E-state index contributed by atoms with van der Waals surface area (Å²) in [5, 5.41) is 3.29. The van der Waals surface area contributed by atoms with Gasteiger partial charge in [-0.15, -0.1) is 0 Å². The van der Waals surface area contributed by atoms with Gasteiger partial charge in [0.15, 0.2) is 0 Å². The van der Waals surface area contributed by atoms with Crippen LogP contribution in [0.5, 0.6) is 0 Å². The molecule has 3 rings (SSSR count). The molecule has 0 unspecified atom stereocenters. The molecular weight excluding hydrogens is 312 g/mol. The fourth-order valence-corrected chi connectivity index (χ4v) is 4.37. The monoisotopic (exact) mass is 336 g/mol. The maximum absolute atomic E-state index is 3.63. The van der Waals surface area contributed by atoms with Crippen LogP contribution in [-0.4, -0.2) is 20.1 Å². The van der Waals surface area contributed by atoms with Crippen molar-refractivity contribution in [3.05, 3.63) is 28.2 Å². The average molecular weight is 337 g/mol. The average Bonchev–Trinajstić information content (AvgIpc) is 2.90. The zero-order chi connectivity index (χ0) is 14.0. The number of benzene rings is 1. The van der Waals surface area contributed by atoms with Gasteiger partial charge in [-0.25, -0.2) is 0 Å². The zero-order valence-corrected chi connectivity index (χ0v) is 14.0. The van der Waals surface area contributed by atoms with Gasteiger partial charge in [-0.05, 0) is 55.8 Å². The Hall–Kier alpha value is -0.540. The lowest BCUT2D eigenvalue weighted by Crippen LogP contribution is -2.39. The zero-order valence-electron chi connectivity index (χ0n) is 12.4. The van der Waals surface area contributed by atoms with Gasteiger partial charge in [-0.1, -0.05) is 34.8 Å². The van der Waals surface area contributed by atoms with E-state index in [1.165, 1.54) is 67.3 Å².